The van der Waals surface area contributed by atoms with Gasteiger partial charge < -0.3 is 35.6 Å². The molecule has 10 nitrogen and oxygen atoms in total. The van der Waals surface area contributed by atoms with Crippen molar-refractivity contribution in [2.45, 2.75) is 26.0 Å². The highest BCUT2D eigenvalue weighted by Gasteiger charge is 2.35. The number of nitrogens with zero attached hydrogens (tertiary/aromatic N) is 2. The maximum Gasteiger partial charge on any atom is 0.323 e. The first kappa shape index (κ1) is 31.3. The Morgan fingerprint density at radius 2 is 1.67 bits per heavy atom. The summed E-state index contributed by atoms with van der Waals surface area (Å²) in [7, 11) is 1.66. The minimum absolute atomic E-state index is 0.145. The molecule has 1 aliphatic rings. The lowest BCUT2D eigenvalue weighted by molar-refractivity contribution is 0.0373. The molecular formula is C34H36FN5O5. The van der Waals surface area contributed by atoms with E-state index in [9.17, 15) is 23.9 Å². The van der Waals surface area contributed by atoms with Gasteiger partial charge in [-0.1, -0.05) is 49.4 Å². The van der Waals surface area contributed by atoms with E-state index in [0.29, 0.717) is 11.4 Å². The Morgan fingerprint density at radius 3 is 2.42 bits per heavy atom. The van der Waals surface area contributed by atoms with Crippen LogP contribution in [-0.2, 0) is 0 Å². The average molecular weight is 614 g/mol. The van der Waals surface area contributed by atoms with Gasteiger partial charge in [0.2, 0.25) is 0 Å². The van der Waals surface area contributed by atoms with Crippen molar-refractivity contribution in [3.63, 3.8) is 0 Å². The van der Waals surface area contributed by atoms with E-state index in [0.717, 1.165) is 10.8 Å². The largest absolute Gasteiger partial charge is 0.485 e. The highest BCUT2D eigenvalue weighted by atomic mass is 19.1. The third-order valence-corrected chi connectivity index (χ3v) is 7.87. The number of aliphatic hydroxyl groups is 1. The summed E-state index contributed by atoms with van der Waals surface area (Å²) in [4.78, 5) is 43.2. The summed E-state index contributed by atoms with van der Waals surface area (Å²) < 4.78 is 19.8. The van der Waals surface area contributed by atoms with Crippen LogP contribution in [0.2, 0.25) is 0 Å². The van der Waals surface area contributed by atoms with Gasteiger partial charge >= 0.3 is 12.1 Å². The number of nitrogens with one attached hydrogen (secondary N) is 3. The van der Waals surface area contributed by atoms with Crippen molar-refractivity contribution < 1.29 is 28.6 Å². The fourth-order valence-corrected chi connectivity index (χ4v) is 5.28. The van der Waals surface area contributed by atoms with Crippen LogP contribution in [0.25, 0.3) is 10.8 Å². The van der Waals surface area contributed by atoms with Crippen molar-refractivity contribution in [1.82, 2.24) is 9.80 Å². The van der Waals surface area contributed by atoms with Crippen LogP contribution in [0, 0.1) is 11.7 Å². The Balaban J connectivity index is 1.41. The summed E-state index contributed by atoms with van der Waals surface area (Å²) >= 11 is 0. The van der Waals surface area contributed by atoms with E-state index in [2.05, 4.69) is 16.0 Å². The zero-order valence-electron chi connectivity index (χ0n) is 25.3. The molecule has 0 fully saturated rings. The lowest BCUT2D eigenvalue weighted by atomic mass is 9.99. The van der Waals surface area contributed by atoms with E-state index < -0.39 is 24.0 Å². The molecular weight excluding hydrogens is 577 g/mol. The standard InChI is InChI=1S/C34H36FN5O5/c1-21-18-40(22(2)20-41)32(42)27-11-7-13-29(37-33(43)36-25-16-14-24(35)15-17-25)31(27)45-30(21)19-39(3)34(44)38-28-12-6-9-23-8-4-5-10-26(23)28/h4-17,21-22,30,41H,18-20H2,1-3H3,(H,38,44)(H2,36,37,43)/t21-,22-,30+/m0/s1. The molecule has 45 heavy (non-hydrogen) atoms. The smallest absolute Gasteiger partial charge is 0.323 e. The van der Waals surface area contributed by atoms with Crippen LogP contribution in [0.1, 0.15) is 24.2 Å². The van der Waals surface area contributed by atoms with Crippen molar-refractivity contribution in [2.24, 2.45) is 5.92 Å². The molecule has 1 heterocycles. The Kier molecular flexibility index (Phi) is 9.48. The number of benzene rings is 4. The maximum atomic E-state index is 13.7. The Morgan fingerprint density at radius 1 is 0.978 bits per heavy atom. The topological polar surface area (TPSA) is 123 Å². The molecule has 4 N–H and O–H groups in total. The van der Waals surface area contributed by atoms with Crippen LogP contribution in [0.15, 0.2) is 84.9 Å². The van der Waals surface area contributed by atoms with Crippen molar-refractivity contribution >= 4 is 45.8 Å². The Bertz CT molecular complexity index is 1690. The summed E-state index contributed by atoms with van der Waals surface area (Å²) in [5.41, 5.74) is 1.49. The summed E-state index contributed by atoms with van der Waals surface area (Å²) in [6, 6.07) is 22.1. The van der Waals surface area contributed by atoms with Crippen molar-refractivity contribution in [2.75, 3.05) is 42.7 Å². The van der Waals surface area contributed by atoms with Gasteiger partial charge in [0.1, 0.15) is 11.9 Å². The highest BCUT2D eigenvalue weighted by Crippen LogP contribution is 2.35. The molecule has 0 saturated heterocycles. The monoisotopic (exact) mass is 613 g/mol. The number of hydrogen-bond acceptors (Lipinski definition) is 5. The number of ether oxygens (including phenoxy) is 1. The number of rotatable bonds is 7. The van der Waals surface area contributed by atoms with Gasteiger partial charge in [0.15, 0.2) is 5.75 Å². The van der Waals surface area contributed by atoms with Crippen molar-refractivity contribution in [1.29, 1.82) is 0 Å². The number of carbonyl (C=O) groups is 3. The SMILES string of the molecule is C[C@H]1CN([C@@H](C)CO)C(=O)c2cccc(NC(=O)Nc3ccc(F)cc3)c2O[C@@H]1CN(C)C(=O)Nc1cccc2ccccc12. The molecule has 0 bridgehead atoms. The van der Waals surface area contributed by atoms with Crippen LogP contribution in [0.4, 0.5) is 31.0 Å². The summed E-state index contributed by atoms with van der Waals surface area (Å²) in [5, 5.41) is 20.2. The predicted octanol–water partition coefficient (Wildman–Crippen LogP) is 6.01. The number of amides is 5. The van der Waals surface area contributed by atoms with Crippen LogP contribution in [0.3, 0.4) is 0 Å². The van der Waals surface area contributed by atoms with Gasteiger partial charge in [-0.3, -0.25) is 4.79 Å². The van der Waals surface area contributed by atoms with Gasteiger partial charge in [0.25, 0.3) is 5.91 Å². The molecule has 0 saturated carbocycles. The zero-order valence-corrected chi connectivity index (χ0v) is 25.3. The van der Waals surface area contributed by atoms with E-state index in [-0.39, 0.29) is 54.6 Å². The molecule has 11 heteroatoms. The molecule has 0 spiro atoms. The molecule has 0 aliphatic carbocycles. The summed E-state index contributed by atoms with van der Waals surface area (Å²) in [6.45, 7) is 3.84. The maximum absolute atomic E-state index is 13.7. The second-order valence-corrected chi connectivity index (χ2v) is 11.2. The number of aliphatic hydroxyl groups excluding tert-OH is 1. The van der Waals surface area contributed by atoms with Crippen LogP contribution in [-0.4, -0.2) is 71.8 Å². The first-order valence-electron chi connectivity index (χ1n) is 14.7. The molecule has 4 aromatic carbocycles. The Hall–Kier alpha value is -5.16. The first-order chi connectivity index (χ1) is 21.6. The summed E-state index contributed by atoms with van der Waals surface area (Å²) in [6.07, 6.45) is -0.600. The quantitative estimate of drug-likeness (QED) is 0.203. The van der Waals surface area contributed by atoms with Crippen molar-refractivity contribution in [3.8, 4) is 5.75 Å². The molecule has 3 atom stereocenters. The number of likely N-dealkylation sites (N-methyl/N-ethyl adjacent to an activating group) is 1. The lowest BCUT2D eigenvalue weighted by Crippen LogP contribution is -2.50. The summed E-state index contributed by atoms with van der Waals surface area (Å²) in [5.74, 6) is -0.923. The molecule has 5 amide bonds. The normalized spacial score (nSPS) is 16.9. The van der Waals surface area contributed by atoms with Gasteiger partial charge in [-0.15, -0.1) is 0 Å². The van der Waals surface area contributed by atoms with Crippen molar-refractivity contribution in [3.05, 3.63) is 96.3 Å². The number of halogens is 1. The van der Waals surface area contributed by atoms with Gasteiger partial charge in [-0.25, -0.2) is 14.0 Å². The minimum atomic E-state index is -0.620. The van der Waals surface area contributed by atoms with Crippen LogP contribution >= 0.6 is 0 Å². The third kappa shape index (κ3) is 7.15. The fraction of sp³-hybridized carbons (Fsp3) is 0.265. The van der Waals surface area contributed by atoms with Gasteiger partial charge in [-0.2, -0.15) is 0 Å². The number of carbonyl (C=O) groups excluding carboxylic acids is 3. The van der Waals surface area contributed by atoms with Gasteiger partial charge in [0, 0.05) is 30.6 Å². The molecule has 0 unspecified atom stereocenters. The third-order valence-electron chi connectivity index (χ3n) is 7.87. The molecule has 0 aromatic heterocycles. The van der Waals surface area contributed by atoms with E-state index in [1.165, 1.54) is 29.2 Å². The van der Waals surface area contributed by atoms with Gasteiger partial charge in [-0.05, 0) is 54.8 Å². The number of urea groups is 2. The molecule has 234 valence electrons. The fourth-order valence-electron chi connectivity index (χ4n) is 5.28. The van der Waals surface area contributed by atoms with Gasteiger partial charge in [0.05, 0.1) is 36.1 Å². The van der Waals surface area contributed by atoms with E-state index in [1.807, 2.05) is 49.4 Å². The second-order valence-electron chi connectivity index (χ2n) is 11.2. The molecule has 0 radical (unpaired) electrons. The predicted molar refractivity (Wildman–Crippen MR) is 172 cm³/mol. The highest BCUT2D eigenvalue weighted by molar-refractivity contribution is 6.04. The molecule has 1 aliphatic heterocycles. The first-order valence-corrected chi connectivity index (χ1v) is 14.7. The van der Waals surface area contributed by atoms with E-state index >= 15 is 0 Å². The second kappa shape index (κ2) is 13.6. The Labute approximate surface area is 260 Å². The van der Waals surface area contributed by atoms with E-state index in [1.54, 1.807) is 37.1 Å². The van der Waals surface area contributed by atoms with E-state index in [4.69, 9.17) is 4.74 Å². The lowest BCUT2D eigenvalue weighted by Gasteiger charge is -2.38. The van der Waals surface area contributed by atoms with Crippen LogP contribution in [0.5, 0.6) is 5.75 Å². The average Bonchev–Trinajstić information content (AvgIpc) is 3.03. The van der Waals surface area contributed by atoms with Crippen LogP contribution < -0.4 is 20.7 Å². The number of para-hydroxylation sites is 1. The number of fused-ring (bicyclic) bond motifs is 2. The number of anilines is 3. The minimum Gasteiger partial charge on any atom is -0.485 e. The number of hydrogen-bond donors (Lipinski definition) is 4. The molecule has 4 aromatic rings. The zero-order chi connectivity index (χ0) is 32.1. The molecule has 5 rings (SSSR count).